The first-order chi connectivity index (χ1) is 6.26. The highest BCUT2D eigenvalue weighted by atomic mass is 35.7. The third-order valence-electron chi connectivity index (χ3n) is 3.57. The number of hydrogen-bond acceptors (Lipinski definition) is 2. The van der Waals surface area contributed by atoms with E-state index in [1.54, 1.807) is 0 Å². The monoisotopic (exact) mass is 239 g/mol. The zero-order chi connectivity index (χ0) is 11.0. The third kappa shape index (κ3) is 2.61. The Morgan fingerprint density at radius 2 is 1.71 bits per heavy atom. The van der Waals surface area contributed by atoms with E-state index < -0.39 is 9.24 Å². The summed E-state index contributed by atoms with van der Waals surface area (Å²) in [5.74, 6) is 0.586. The van der Waals surface area contributed by atoms with Crippen LogP contribution in [0.15, 0.2) is 0 Å². The molecule has 1 fully saturated rings. The first kappa shape index (κ1) is 12.3. The van der Waals surface area contributed by atoms with Gasteiger partial charge < -0.3 is 0 Å². The van der Waals surface area contributed by atoms with Crippen LogP contribution in [-0.2, 0) is 9.24 Å². The molecule has 1 saturated heterocycles. The van der Waals surface area contributed by atoms with Gasteiger partial charge >= 0.3 is 0 Å². The van der Waals surface area contributed by atoms with Gasteiger partial charge in [0.1, 0.15) is 0 Å². The summed E-state index contributed by atoms with van der Waals surface area (Å²) in [5.41, 5.74) is 0.262. The fourth-order valence-electron chi connectivity index (χ4n) is 1.79. The Balaban J connectivity index is 2.63. The van der Waals surface area contributed by atoms with E-state index in [0.717, 1.165) is 12.8 Å². The summed E-state index contributed by atoms with van der Waals surface area (Å²) in [6.45, 7) is 7.70. The highest BCUT2D eigenvalue weighted by Gasteiger charge is 2.35. The van der Waals surface area contributed by atoms with Gasteiger partial charge in [-0.3, -0.25) is 0 Å². The minimum absolute atomic E-state index is 0.262. The SMILES string of the molecule is CC(C)C1(C)CCN(S(=O)(=O)Cl)CC1. The van der Waals surface area contributed by atoms with E-state index in [4.69, 9.17) is 10.7 Å². The van der Waals surface area contributed by atoms with Crippen LogP contribution in [0.1, 0.15) is 33.6 Å². The number of rotatable bonds is 2. The molecule has 0 spiro atoms. The summed E-state index contributed by atoms with van der Waals surface area (Å²) in [5, 5.41) is 0. The molecule has 0 N–H and O–H groups in total. The average Bonchev–Trinajstić information content (AvgIpc) is 2.03. The van der Waals surface area contributed by atoms with Gasteiger partial charge in [0.15, 0.2) is 0 Å². The second kappa shape index (κ2) is 3.99. The second-order valence-electron chi connectivity index (χ2n) is 4.65. The van der Waals surface area contributed by atoms with E-state index in [2.05, 4.69) is 20.8 Å². The number of piperidine rings is 1. The predicted molar refractivity (Wildman–Crippen MR) is 58.5 cm³/mol. The highest BCUT2D eigenvalue weighted by molar-refractivity contribution is 8.11. The first-order valence-corrected chi connectivity index (χ1v) is 7.22. The zero-order valence-corrected chi connectivity index (χ0v) is 10.5. The van der Waals surface area contributed by atoms with Crippen molar-refractivity contribution >= 4 is 19.9 Å². The Morgan fingerprint density at radius 1 is 1.29 bits per heavy atom. The molecule has 1 rings (SSSR count). The van der Waals surface area contributed by atoms with Gasteiger partial charge in [-0.25, -0.2) is 0 Å². The Morgan fingerprint density at radius 3 is 2.00 bits per heavy atom. The molecular formula is C9H18ClNO2S. The molecular weight excluding hydrogens is 222 g/mol. The van der Waals surface area contributed by atoms with Crippen molar-refractivity contribution in [1.29, 1.82) is 0 Å². The molecule has 0 aliphatic carbocycles. The maximum Gasteiger partial charge on any atom is 0.299 e. The van der Waals surface area contributed by atoms with Crippen LogP contribution in [-0.4, -0.2) is 25.8 Å². The molecule has 0 amide bonds. The number of hydrogen-bond donors (Lipinski definition) is 0. The minimum atomic E-state index is -3.50. The Kier molecular flexibility index (Phi) is 3.49. The fourth-order valence-corrected chi connectivity index (χ4v) is 2.83. The van der Waals surface area contributed by atoms with E-state index in [-0.39, 0.29) is 5.41 Å². The van der Waals surface area contributed by atoms with Crippen molar-refractivity contribution in [3.05, 3.63) is 0 Å². The van der Waals surface area contributed by atoms with Gasteiger partial charge in [0.05, 0.1) is 0 Å². The van der Waals surface area contributed by atoms with Crippen molar-refractivity contribution in [1.82, 2.24) is 4.31 Å². The lowest BCUT2D eigenvalue weighted by atomic mass is 9.72. The molecule has 0 unspecified atom stereocenters. The predicted octanol–water partition coefficient (Wildman–Crippen LogP) is 2.23. The van der Waals surface area contributed by atoms with Crippen molar-refractivity contribution in [3.8, 4) is 0 Å². The van der Waals surface area contributed by atoms with Crippen molar-refractivity contribution in [2.75, 3.05) is 13.1 Å². The van der Waals surface area contributed by atoms with Gasteiger partial charge in [0.25, 0.3) is 9.24 Å². The van der Waals surface area contributed by atoms with Gasteiger partial charge in [-0.15, -0.1) is 0 Å². The minimum Gasteiger partial charge on any atom is -0.195 e. The van der Waals surface area contributed by atoms with E-state index in [1.807, 2.05) is 0 Å². The molecule has 0 aromatic heterocycles. The normalized spacial score (nSPS) is 24.1. The lowest BCUT2D eigenvalue weighted by Crippen LogP contribution is -2.42. The number of halogens is 1. The molecule has 84 valence electrons. The topological polar surface area (TPSA) is 37.4 Å². The van der Waals surface area contributed by atoms with Crippen LogP contribution in [0.2, 0.25) is 0 Å². The Labute approximate surface area is 91.0 Å². The summed E-state index contributed by atoms with van der Waals surface area (Å²) in [6, 6.07) is 0. The molecule has 0 atom stereocenters. The molecule has 1 aliphatic rings. The quantitative estimate of drug-likeness (QED) is 0.693. The smallest absolute Gasteiger partial charge is 0.195 e. The lowest BCUT2D eigenvalue weighted by molar-refractivity contribution is 0.118. The van der Waals surface area contributed by atoms with Crippen LogP contribution in [0.5, 0.6) is 0 Å². The number of nitrogens with zero attached hydrogens (tertiary/aromatic N) is 1. The Hall–Kier alpha value is 0.200. The van der Waals surface area contributed by atoms with Crippen molar-refractivity contribution in [2.45, 2.75) is 33.6 Å². The van der Waals surface area contributed by atoms with Crippen LogP contribution in [0.4, 0.5) is 0 Å². The molecule has 0 bridgehead atoms. The van der Waals surface area contributed by atoms with Gasteiger partial charge in [-0.05, 0) is 24.2 Å². The zero-order valence-electron chi connectivity index (χ0n) is 8.96. The molecule has 0 radical (unpaired) electrons. The molecule has 0 saturated carbocycles. The average molecular weight is 240 g/mol. The van der Waals surface area contributed by atoms with E-state index in [9.17, 15) is 8.42 Å². The molecule has 0 aromatic carbocycles. The lowest BCUT2D eigenvalue weighted by Gasteiger charge is -2.40. The summed E-state index contributed by atoms with van der Waals surface area (Å²) in [7, 11) is 1.79. The van der Waals surface area contributed by atoms with Crippen LogP contribution >= 0.6 is 10.7 Å². The highest BCUT2D eigenvalue weighted by Crippen LogP contribution is 2.38. The van der Waals surface area contributed by atoms with Gasteiger partial charge in [0, 0.05) is 23.8 Å². The van der Waals surface area contributed by atoms with Crippen LogP contribution < -0.4 is 0 Å². The van der Waals surface area contributed by atoms with E-state index in [0.29, 0.717) is 19.0 Å². The molecule has 0 aromatic rings. The maximum atomic E-state index is 11.1. The third-order valence-corrected chi connectivity index (χ3v) is 5.13. The van der Waals surface area contributed by atoms with Crippen LogP contribution in [0, 0.1) is 11.3 Å². The summed E-state index contributed by atoms with van der Waals surface area (Å²) < 4.78 is 23.5. The standard InChI is InChI=1S/C9H18ClNO2S/c1-8(2)9(3)4-6-11(7-5-9)14(10,12)13/h8H,4-7H2,1-3H3. The van der Waals surface area contributed by atoms with E-state index >= 15 is 0 Å². The van der Waals surface area contributed by atoms with Crippen molar-refractivity contribution in [2.24, 2.45) is 11.3 Å². The summed E-state index contributed by atoms with van der Waals surface area (Å²) in [6.07, 6.45) is 1.80. The van der Waals surface area contributed by atoms with Crippen molar-refractivity contribution < 1.29 is 8.42 Å². The van der Waals surface area contributed by atoms with Crippen LogP contribution in [0.3, 0.4) is 0 Å². The van der Waals surface area contributed by atoms with Gasteiger partial charge in [-0.2, -0.15) is 12.7 Å². The molecule has 14 heavy (non-hydrogen) atoms. The van der Waals surface area contributed by atoms with Crippen LogP contribution in [0.25, 0.3) is 0 Å². The maximum absolute atomic E-state index is 11.1. The largest absolute Gasteiger partial charge is 0.299 e. The summed E-state index contributed by atoms with van der Waals surface area (Å²) >= 11 is 0. The second-order valence-corrected chi connectivity index (χ2v) is 7.16. The Bertz CT molecular complexity index is 292. The summed E-state index contributed by atoms with van der Waals surface area (Å²) in [4.78, 5) is 0. The molecule has 3 nitrogen and oxygen atoms in total. The fraction of sp³-hybridized carbons (Fsp3) is 1.00. The van der Waals surface area contributed by atoms with Gasteiger partial charge in [0.2, 0.25) is 0 Å². The van der Waals surface area contributed by atoms with Crippen molar-refractivity contribution in [3.63, 3.8) is 0 Å². The first-order valence-electron chi connectivity index (χ1n) is 4.95. The molecule has 1 aliphatic heterocycles. The molecule has 5 heteroatoms. The molecule has 1 heterocycles. The van der Waals surface area contributed by atoms with E-state index in [1.165, 1.54) is 4.31 Å². The van der Waals surface area contributed by atoms with Gasteiger partial charge in [-0.1, -0.05) is 20.8 Å².